The molecule has 1 aliphatic heterocycles. The number of rotatable bonds is 4. The van der Waals surface area contributed by atoms with Crippen molar-refractivity contribution >= 4 is 46.9 Å². The van der Waals surface area contributed by atoms with Crippen molar-refractivity contribution in [2.45, 2.75) is 43.5 Å². The number of anilines is 1. The minimum atomic E-state index is -0.162. The zero-order chi connectivity index (χ0) is 21.1. The Bertz CT molecular complexity index is 991. The van der Waals surface area contributed by atoms with Crippen molar-refractivity contribution in [1.29, 1.82) is 0 Å². The van der Waals surface area contributed by atoms with Crippen molar-refractivity contribution in [3.8, 4) is 0 Å². The molecule has 2 atom stereocenters. The first kappa shape index (κ1) is 21.0. The van der Waals surface area contributed by atoms with Gasteiger partial charge in [0.2, 0.25) is 5.91 Å². The Morgan fingerprint density at radius 1 is 1.20 bits per heavy atom. The molecule has 0 saturated heterocycles. The van der Waals surface area contributed by atoms with E-state index in [0.29, 0.717) is 15.8 Å². The maximum absolute atomic E-state index is 13.3. The fraction of sp³-hybridized carbons (Fsp3) is 0.333. The number of benzene rings is 2. The fourth-order valence-corrected chi connectivity index (χ4v) is 5.35. The number of para-hydroxylation sites is 1. The molecule has 1 aliphatic carbocycles. The van der Waals surface area contributed by atoms with Crippen LogP contribution < -0.4 is 10.2 Å². The average Bonchev–Trinajstić information content (AvgIpc) is 2.73. The largest absolute Gasteiger partial charge is 0.352 e. The van der Waals surface area contributed by atoms with E-state index in [2.05, 4.69) is 12.2 Å². The second-order valence-electron chi connectivity index (χ2n) is 7.96. The van der Waals surface area contributed by atoms with Gasteiger partial charge in [-0.05, 0) is 54.7 Å². The summed E-state index contributed by atoms with van der Waals surface area (Å²) in [6, 6.07) is 15.3. The molecule has 2 aromatic rings. The van der Waals surface area contributed by atoms with Gasteiger partial charge in [-0.3, -0.25) is 14.5 Å². The summed E-state index contributed by atoms with van der Waals surface area (Å²) < 4.78 is 0. The van der Waals surface area contributed by atoms with Crippen LogP contribution in [0.2, 0.25) is 5.02 Å². The quantitative estimate of drug-likeness (QED) is 0.637. The molecule has 2 unspecified atom stereocenters. The van der Waals surface area contributed by atoms with E-state index in [-0.39, 0.29) is 24.4 Å². The molecule has 0 radical (unpaired) electrons. The zero-order valence-corrected chi connectivity index (χ0v) is 18.5. The maximum atomic E-state index is 13.3. The number of carbonyl (C=O) groups excluding carboxylic acids is 2. The van der Waals surface area contributed by atoms with Crippen LogP contribution in [0.3, 0.4) is 0 Å². The molecular weight excluding hydrogens is 416 g/mol. The summed E-state index contributed by atoms with van der Waals surface area (Å²) in [5.74, 6) is 0.206. The summed E-state index contributed by atoms with van der Waals surface area (Å²) in [4.78, 5) is 29.3. The Morgan fingerprint density at radius 2 is 2.00 bits per heavy atom. The fourth-order valence-electron chi connectivity index (χ4n) is 4.09. The topological polar surface area (TPSA) is 49.4 Å². The normalized spacial score (nSPS) is 22.7. The van der Waals surface area contributed by atoms with E-state index in [0.717, 1.165) is 35.4 Å². The highest BCUT2D eigenvalue weighted by molar-refractivity contribution is 8.04. The molecular formula is C24H25ClN2O2S. The summed E-state index contributed by atoms with van der Waals surface area (Å²) in [5.41, 5.74) is 1.64. The molecule has 1 heterocycles. The third-order valence-corrected chi connectivity index (χ3v) is 7.05. The van der Waals surface area contributed by atoms with Crippen molar-refractivity contribution < 1.29 is 9.59 Å². The van der Waals surface area contributed by atoms with Gasteiger partial charge in [-0.2, -0.15) is 0 Å². The van der Waals surface area contributed by atoms with E-state index in [1.807, 2.05) is 48.5 Å². The van der Waals surface area contributed by atoms with Gasteiger partial charge in [0, 0.05) is 16.0 Å². The van der Waals surface area contributed by atoms with Gasteiger partial charge in [0.15, 0.2) is 0 Å². The lowest BCUT2D eigenvalue weighted by Gasteiger charge is -2.32. The van der Waals surface area contributed by atoms with E-state index in [9.17, 15) is 9.59 Å². The number of nitrogens with one attached hydrogen (secondary N) is 1. The van der Waals surface area contributed by atoms with Gasteiger partial charge in [0.1, 0.15) is 6.54 Å². The van der Waals surface area contributed by atoms with Crippen LogP contribution in [0.15, 0.2) is 58.3 Å². The van der Waals surface area contributed by atoms with Crippen LogP contribution in [0.25, 0.3) is 6.08 Å². The third kappa shape index (κ3) is 4.73. The Hall–Kier alpha value is -2.24. The van der Waals surface area contributed by atoms with Crippen molar-refractivity contribution in [2.75, 3.05) is 11.4 Å². The zero-order valence-electron chi connectivity index (χ0n) is 16.9. The first-order valence-corrected chi connectivity index (χ1v) is 11.6. The van der Waals surface area contributed by atoms with E-state index in [4.69, 9.17) is 11.6 Å². The molecule has 1 saturated carbocycles. The monoisotopic (exact) mass is 440 g/mol. The molecule has 0 spiro atoms. The number of hydrogen-bond donors (Lipinski definition) is 1. The van der Waals surface area contributed by atoms with Gasteiger partial charge in [-0.15, -0.1) is 0 Å². The maximum Gasteiger partial charge on any atom is 0.265 e. The van der Waals surface area contributed by atoms with Crippen LogP contribution in [0, 0.1) is 5.92 Å². The Morgan fingerprint density at radius 3 is 2.80 bits per heavy atom. The number of nitrogens with zero attached hydrogens (tertiary/aromatic N) is 1. The Labute approximate surface area is 186 Å². The van der Waals surface area contributed by atoms with Crippen LogP contribution in [-0.2, 0) is 9.59 Å². The molecule has 6 heteroatoms. The standard InChI is InChI=1S/C24H25ClN2O2S/c1-16-7-2-3-10-19(16)26-23(28)15-27-20-11-4-5-12-21(20)30-22(24(27)29)14-17-8-6-9-18(25)13-17/h4-6,8-9,11-14,16,19H,2-3,7,10,15H2,1H3,(H,26,28). The lowest BCUT2D eigenvalue weighted by Crippen LogP contribution is -2.48. The van der Waals surface area contributed by atoms with Gasteiger partial charge < -0.3 is 5.32 Å². The molecule has 156 valence electrons. The smallest absolute Gasteiger partial charge is 0.265 e. The second kappa shape index (κ2) is 9.27. The van der Waals surface area contributed by atoms with Crippen LogP contribution in [-0.4, -0.2) is 24.4 Å². The van der Waals surface area contributed by atoms with Gasteiger partial charge in [0.05, 0.1) is 10.6 Å². The molecule has 1 fully saturated rings. The number of halogens is 1. The van der Waals surface area contributed by atoms with Crippen LogP contribution in [0.4, 0.5) is 5.69 Å². The summed E-state index contributed by atoms with van der Waals surface area (Å²) in [7, 11) is 0. The van der Waals surface area contributed by atoms with Crippen molar-refractivity contribution in [2.24, 2.45) is 5.92 Å². The van der Waals surface area contributed by atoms with E-state index in [1.165, 1.54) is 18.2 Å². The molecule has 0 aromatic heterocycles. The summed E-state index contributed by atoms with van der Waals surface area (Å²) in [5, 5.41) is 3.78. The summed E-state index contributed by atoms with van der Waals surface area (Å²) in [6.45, 7) is 2.21. The number of carbonyl (C=O) groups is 2. The van der Waals surface area contributed by atoms with Crippen molar-refractivity contribution in [3.05, 3.63) is 64.0 Å². The third-order valence-electron chi connectivity index (χ3n) is 5.74. The van der Waals surface area contributed by atoms with E-state index in [1.54, 1.807) is 11.0 Å². The SMILES string of the molecule is CC1CCCCC1NC(=O)CN1C(=O)C(=Cc2cccc(Cl)c2)Sc2ccccc21. The number of fused-ring (bicyclic) bond motifs is 1. The Kier molecular flexibility index (Phi) is 6.49. The molecule has 2 aromatic carbocycles. The average molecular weight is 441 g/mol. The van der Waals surface area contributed by atoms with Gasteiger partial charge in [0.25, 0.3) is 5.91 Å². The number of hydrogen-bond acceptors (Lipinski definition) is 3. The molecule has 30 heavy (non-hydrogen) atoms. The van der Waals surface area contributed by atoms with Crippen molar-refractivity contribution in [3.63, 3.8) is 0 Å². The van der Waals surface area contributed by atoms with Gasteiger partial charge in [-0.1, -0.05) is 67.4 Å². The molecule has 2 aliphatic rings. The minimum Gasteiger partial charge on any atom is -0.352 e. The first-order chi connectivity index (χ1) is 14.5. The lowest BCUT2D eigenvalue weighted by atomic mass is 9.86. The highest BCUT2D eigenvalue weighted by Gasteiger charge is 2.31. The van der Waals surface area contributed by atoms with Crippen LogP contribution in [0.1, 0.15) is 38.2 Å². The summed E-state index contributed by atoms with van der Waals surface area (Å²) in [6.07, 6.45) is 6.35. The molecule has 1 N–H and O–H groups in total. The van der Waals surface area contributed by atoms with Gasteiger partial charge in [-0.25, -0.2) is 0 Å². The Balaban J connectivity index is 1.57. The molecule has 0 bridgehead atoms. The van der Waals surface area contributed by atoms with Gasteiger partial charge >= 0.3 is 0 Å². The molecule has 2 amide bonds. The lowest BCUT2D eigenvalue weighted by molar-refractivity contribution is -0.123. The predicted molar refractivity (Wildman–Crippen MR) is 124 cm³/mol. The highest BCUT2D eigenvalue weighted by Crippen LogP contribution is 2.42. The first-order valence-electron chi connectivity index (χ1n) is 10.4. The second-order valence-corrected chi connectivity index (χ2v) is 9.48. The van der Waals surface area contributed by atoms with Crippen LogP contribution in [0.5, 0.6) is 0 Å². The molecule has 4 nitrogen and oxygen atoms in total. The molecule has 4 rings (SSSR count). The summed E-state index contributed by atoms with van der Waals surface area (Å²) >= 11 is 7.53. The van der Waals surface area contributed by atoms with Crippen LogP contribution >= 0.6 is 23.4 Å². The predicted octanol–water partition coefficient (Wildman–Crippen LogP) is 5.51. The number of thioether (sulfide) groups is 1. The van der Waals surface area contributed by atoms with Crippen molar-refractivity contribution in [1.82, 2.24) is 5.32 Å². The highest BCUT2D eigenvalue weighted by atomic mass is 35.5. The number of amides is 2. The minimum absolute atomic E-state index is 0.0203. The van der Waals surface area contributed by atoms with E-state index < -0.39 is 0 Å². The van der Waals surface area contributed by atoms with E-state index >= 15 is 0 Å².